The lowest BCUT2D eigenvalue weighted by Crippen LogP contribution is -2.44. The molecule has 3 nitrogen and oxygen atoms in total. The fraction of sp³-hybridized carbons (Fsp3) is 0.684. The van der Waals surface area contributed by atoms with Crippen LogP contribution in [0.4, 0.5) is 0 Å². The molecule has 1 aromatic carbocycles. The topological polar surface area (TPSA) is 27.3 Å². The Labute approximate surface area is 135 Å². The van der Waals surface area contributed by atoms with Crippen LogP contribution in [0.25, 0.3) is 0 Å². The number of likely N-dealkylation sites (N-methyl/N-ethyl adjacent to an activating group) is 1. The van der Waals surface area contributed by atoms with E-state index in [-0.39, 0.29) is 0 Å². The highest BCUT2D eigenvalue weighted by molar-refractivity contribution is 5.19. The molecule has 4 atom stereocenters. The molecular formula is C19H31N3. The van der Waals surface area contributed by atoms with Gasteiger partial charge < -0.3 is 15.5 Å². The SMILES string of the molecule is CN(C)C(CNC1CCCC1C1CCCN1)c1ccccc1. The summed E-state index contributed by atoms with van der Waals surface area (Å²) in [6.45, 7) is 2.27. The van der Waals surface area contributed by atoms with Gasteiger partial charge in [0.1, 0.15) is 0 Å². The van der Waals surface area contributed by atoms with E-state index in [1.165, 1.54) is 44.2 Å². The van der Waals surface area contributed by atoms with Crippen LogP contribution in [0.2, 0.25) is 0 Å². The van der Waals surface area contributed by atoms with Crippen molar-refractivity contribution in [2.75, 3.05) is 27.2 Å². The van der Waals surface area contributed by atoms with Gasteiger partial charge in [-0.2, -0.15) is 0 Å². The van der Waals surface area contributed by atoms with Crippen LogP contribution in [0, 0.1) is 5.92 Å². The van der Waals surface area contributed by atoms with Gasteiger partial charge in [-0.3, -0.25) is 0 Å². The minimum absolute atomic E-state index is 0.457. The molecule has 3 rings (SSSR count). The van der Waals surface area contributed by atoms with E-state index in [4.69, 9.17) is 0 Å². The summed E-state index contributed by atoms with van der Waals surface area (Å²) in [6.07, 6.45) is 6.86. The van der Waals surface area contributed by atoms with Gasteiger partial charge >= 0.3 is 0 Å². The van der Waals surface area contributed by atoms with Crippen molar-refractivity contribution in [3.63, 3.8) is 0 Å². The maximum atomic E-state index is 3.91. The van der Waals surface area contributed by atoms with Crippen molar-refractivity contribution in [3.05, 3.63) is 35.9 Å². The summed E-state index contributed by atoms with van der Waals surface area (Å²) < 4.78 is 0. The first-order chi connectivity index (χ1) is 10.8. The van der Waals surface area contributed by atoms with Gasteiger partial charge in [0.05, 0.1) is 0 Å². The summed E-state index contributed by atoms with van der Waals surface area (Å²) >= 11 is 0. The van der Waals surface area contributed by atoms with Gasteiger partial charge in [-0.05, 0) is 57.8 Å². The molecule has 1 saturated carbocycles. The summed E-state index contributed by atoms with van der Waals surface area (Å²) in [4.78, 5) is 2.33. The number of rotatable bonds is 6. The minimum atomic E-state index is 0.457. The van der Waals surface area contributed by atoms with E-state index in [1.54, 1.807) is 0 Å². The number of hydrogen-bond acceptors (Lipinski definition) is 3. The van der Waals surface area contributed by atoms with Crippen LogP contribution in [0.5, 0.6) is 0 Å². The third-order valence-electron chi connectivity index (χ3n) is 5.57. The number of hydrogen-bond donors (Lipinski definition) is 2. The van der Waals surface area contributed by atoms with Crippen LogP contribution in [0.1, 0.15) is 43.7 Å². The zero-order valence-corrected chi connectivity index (χ0v) is 14.1. The molecule has 1 saturated heterocycles. The van der Waals surface area contributed by atoms with Crippen molar-refractivity contribution in [2.24, 2.45) is 5.92 Å². The smallest absolute Gasteiger partial charge is 0.0466 e. The Bertz CT molecular complexity index is 439. The molecule has 0 bridgehead atoms. The van der Waals surface area contributed by atoms with Crippen LogP contribution in [-0.4, -0.2) is 44.2 Å². The molecule has 0 spiro atoms. The molecule has 4 unspecified atom stereocenters. The quantitative estimate of drug-likeness (QED) is 0.846. The van der Waals surface area contributed by atoms with E-state index in [1.807, 2.05) is 0 Å². The number of nitrogens with zero attached hydrogens (tertiary/aromatic N) is 1. The first-order valence-electron chi connectivity index (χ1n) is 8.94. The average molecular weight is 301 g/mol. The lowest BCUT2D eigenvalue weighted by molar-refractivity contribution is 0.255. The highest BCUT2D eigenvalue weighted by Crippen LogP contribution is 2.32. The molecule has 1 aromatic rings. The van der Waals surface area contributed by atoms with Crippen molar-refractivity contribution < 1.29 is 0 Å². The Hall–Kier alpha value is -0.900. The molecule has 1 heterocycles. The number of benzene rings is 1. The minimum Gasteiger partial charge on any atom is -0.314 e. The van der Waals surface area contributed by atoms with Gasteiger partial charge in [0.2, 0.25) is 0 Å². The Morgan fingerprint density at radius 1 is 1.14 bits per heavy atom. The Kier molecular flexibility index (Phi) is 5.51. The Morgan fingerprint density at radius 2 is 1.95 bits per heavy atom. The fourth-order valence-corrected chi connectivity index (χ4v) is 4.34. The van der Waals surface area contributed by atoms with Crippen molar-refractivity contribution in [1.82, 2.24) is 15.5 Å². The van der Waals surface area contributed by atoms with Crippen molar-refractivity contribution in [3.8, 4) is 0 Å². The van der Waals surface area contributed by atoms with Crippen LogP contribution in [-0.2, 0) is 0 Å². The van der Waals surface area contributed by atoms with Gasteiger partial charge in [-0.15, -0.1) is 0 Å². The van der Waals surface area contributed by atoms with Crippen molar-refractivity contribution in [2.45, 2.75) is 50.2 Å². The van der Waals surface area contributed by atoms with Gasteiger partial charge in [0.25, 0.3) is 0 Å². The molecule has 2 fully saturated rings. The summed E-state index contributed by atoms with van der Waals surface area (Å²) in [5.74, 6) is 0.834. The normalized spacial score (nSPS) is 30.0. The largest absolute Gasteiger partial charge is 0.314 e. The number of nitrogens with one attached hydrogen (secondary N) is 2. The van der Waals surface area contributed by atoms with E-state index in [2.05, 4.69) is 60.0 Å². The highest BCUT2D eigenvalue weighted by atomic mass is 15.1. The molecule has 0 amide bonds. The molecule has 3 heteroatoms. The molecule has 2 aliphatic rings. The maximum Gasteiger partial charge on any atom is 0.0466 e. The van der Waals surface area contributed by atoms with Gasteiger partial charge in [-0.25, -0.2) is 0 Å². The summed E-state index contributed by atoms with van der Waals surface area (Å²) in [7, 11) is 4.37. The molecule has 1 aliphatic carbocycles. The second kappa shape index (κ2) is 7.58. The second-order valence-corrected chi connectivity index (χ2v) is 7.20. The lowest BCUT2D eigenvalue weighted by atomic mass is 9.92. The third kappa shape index (κ3) is 3.70. The summed E-state index contributed by atoms with van der Waals surface area (Å²) in [5.41, 5.74) is 1.41. The Morgan fingerprint density at radius 3 is 2.64 bits per heavy atom. The summed E-state index contributed by atoms with van der Waals surface area (Å²) in [6, 6.07) is 12.8. The highest BCUT2D eigenvalue weighted by Gasteiger charge is 2.35. The summed E-state index contributed by atoms with van der Waals surface area (Å²) in [5, 5.41) is 7.63. The van der Waals surface area contributed by atoms with E-state index in [9.17, 15) is 0 Å². The van der Waals surface area contributed by atoms with Gasteiger partial charge in [0.15, 0.2) is 0 Å². The zero-order chi connectivity index (χ0) is 15.4. The van der Waals surface area contributed by atoms with E-state index >= 15 is 0 Å². The predicted octanol–water partition coefficient (Wildman–Crippen LogP) is 2.80. The zero-order valence-electron chi connectivity index (χ0n) is 14.1. The predicted molar refractivity (Wildman–Crippen MR) is 93.0 cm³/mol. The Balaban J connectivity index is 1.59. The third-order valence-corrected chi connectivity index (χ3v) is 5.57. The second-order valence-electron chi connectivity index (χ2n) is 7.20. The van der Waals surface area contributed by atoms with Crippen molar-refractivity contribution >= 4 is 0 Å². The molecule has 122 valence electrons. The standard InChI is InChI=1S/C19H31N3/c1-22(2)19(15-8-4-3-5-9-15)14-21-18-11-6-10-16(18)17-12-7-13-20-17/h3-5,8-9,16-21H,6-7,10-14H2,1-2H3. The van der Waals surface area contributed by atoms with Gasteiger partial charge in [0, 0.05) is 24.7 Å². The first-order valence-corrected chi connectivity index (χ1v) is 8.94. The van der Waals surface area contributed by atoms with Crippen LogP contribution < -0.4 is 10.6 Å². The monoisotopic (exact) mass is 301 g/mol. The van der Waals surface area contributed by atoms with Crippen molar-refractivity contribution in [1.29, 1.82) is 0 Å². The molecule has 2 N–H and O–H groups in total. The van der Waals surface area contributed by atoms with E-state index < -0.39 is 0 Å². The van der Waals surface area contributed by atoms with Gasteiger partial charge in [-0.1, -0.05) is 36.8 Å². The molecular weight excluding hydrogens is 270 g/mol. The lowest BCUT2D eigenvalue weighted by Gasteiger charge is -2.31. The van der Waals surface area contributed by atoms with E-state index in [0.29, 0.717) is 12.1 Å². The fourth-order valence-electron chi connectivity index (χ4n) is 4.34. The van der Waals surface area contributed by atoms with Crippen LogP contribution in [0.15, 0.2) is 30.3 Å². The molecule has 0 radical (unpaired) electrons. The van der Waals surface area contributed by atoms with E-state index in [0.717, 1.165) is 18.5 Å². The average Bonchev–Trinajstić information content (AvgIpc) is 3.19. The first kappa shape index (κ1) is 16.0. The molecule has 22 heavy (non-hydrogen) atoms. The molecule has 0 aromatic heterocycles. The molecule has 1 aliphatic heterocycles. The maximum absolute atomic E-state index is 3.91. The van der Waals surface area contributed by atoms with Crippen LogP contribution in [0.3, 0.4) is 0 Å². The van der Waals surface area contributed by atoms with Crippen LogP contribution >= 0.6 is 0 Å².